The molecule has 0 radical (unpaired) electrons. The van der Waals surface area contributed by atoms with Gasteiger partial charge in [0.05, 0.1) is 17.8 Å². The molecule has 1 unspecified atom stereocenters. The zero-order valence-electron chi connectivity index (χ0n) is 9.67. The van der Waals surface area contributed by atoms with Crippen molar-refractivity contribution >= 4 is 5.52 Å². The molecule has 4 heteroatoms. The van der Waals surface area contributed by atoms with Gasteiger partial charge in [0.2, 0.25) is 0 Å². The summed E-state index contributed by atoms with van der Waals surface area (Å²) in [4.78, 5) is 4.37. The summed E-state index contributed by atoms with van der Waals surface area (Å²) in [6.07, 6.45) is 6.27. The van der Waals surface area contributed by atoms with Crippen LogP contribution in [0.1, 0.15) is 25.1 Å². The number of pyridine rings is 1. The Balaban J connectivity index is 1.89. The summed E-state index contributed by atoms with van der Waals surface area (Å²) in [7, 11) is 0. The zero-order valence-corrected chi connectivity index (χ0v) is 9.67. The Morgan fingerprint density at radius 1 is 1.41 bits per heavy atom. The summed E-state index contributed by atoms with van der Waals surface area (Å²) in [5.41, 5.74) is 0.927. The summed E-state index contributed by atoms with van der Waals surface area (Å²) in [6.45, 7) is 0.847. The molecule has 3 heterocycles. The van der Waals surface area contributed by atoms with Crippen molar-refractivity contribution in [3.63, 3.8) is 0 Å². The van der Waals surface area contributed by atoms with Gasteiger partial charge in [0.25, 0.3) is 0 Å². The van der Waals surface area contributed by atoms with Gasteiger partial charge in [-0.3, -0.25) is 4.40 Å². The Hall–Kier alpha value is -1.55. The highest BCUT2D eigenvalue weighted by Gasteiger charge is 2.17. The van der Waals surface area contributed by atoms with Crippen LogP contribution in [0.15, 0.2) is 24.4 Å². The number of aromatic nitrogens is 2. The molecule has 0 aliphatic carbocycles. The van der Waals surface area contributed by atoms with Crippen molar-refractivity contribution in [2.75, 3.05) is 6.61 Å². The first-order valence-electron chi connectivity index (χ1n) is 6.10. The first-order chi connectivity index (χ1) is 8.34. The predicted molar refractivity (Wildman–Crippen MR) is 64.2 cm³/mol. The number of hydrogen-bond acceptors (Lipinski definition) is 3. The molecule has 2 aromatic rings. The molecular formula is C13H16N2O2. The Kier molecular flexibility index (Phi) is 2.73. The van der Waals surface area contributed by atoms with Crippen LogP contribution in [0.4, 0.5) is 0 Å². The van der Waals surface area contributed by atoms with Gasteiger partial charge >= 0.3 is 0 Å². The van der Waals surface area contributed by atoms with Gasteiger partial charge in [-0.1, -0.05) is 6.07 Å². The van der Waals surface area contributed by atoms with Crippen molar-refractivity contribution in [3.8, 4) is 5.88 Å². The standard InChI is InChI=1S/C13H16N2O2/c16-13-6-3-4-10-9-14-12(15(10)13)8-11-5-1-2-7-17-11/h3-4,6,9,11,16H,1-2,5,7-8H2. The average molecular weight is 232 g/mol. The van der Waals surface area contributed by atoms with E-state index in [4.69, 9.17) is 4.74 Å². The number of nitrogens with zero attached hydrogens (tertiary/aromatic N) is 2. The van der Waals surface area contributed by atoms with Crippen molar-refractivity contribution < 1.29 is 9.84 Å². The quantitative estimate of drug-likeness (QED) is 0.863. The molecule has 4 nitrogen and oxygen atoms in total. The molecule has 3 rings (SSSR count). The minimum absolute atomic E-state index is 0.241. The van der Waals surface area contributed by atoms with E-state index in [1.165, 1.54) is 6.42 Å². The molecule has 1 N–H and O–H groups in total. The lowest BCUT2D eigenvalue weighted by Gasteiger charge is -2.21. The van der Waals surface area contributed by atoms with E-state index in [-0.39, 0.29) is 12.0 Å². The van der Waals surface area contributed by atoms with E-state index < -0.39 is 0 Å². The molecule has 17 heavy (non-hydrogen) atoms. The van der Waals surface area contributed by atoms with E-state index in [9.17, 15) is 5.11 Å². The molecule has 0 saturated carbocycles. The first-order valence-corrected chi connectivity index (χ1v) is 6.10. The molecule has 0 aromatic carbocycles. The number of rotatable bonds is 2. The van der Waals surface area contributed by atoms with E-state index >= 15 is 0 Å². The molecule has 0 amide bonds. The second kappa shape index (κ2) is 4.37. The summed E-state index contributed by atoms with van der Waals surface area (Å²) in [5, 5.41) is 9.85. The first kappa shape index (κ1) is 10.6. The van der Waals surface area contributed by atoms with Crippen LogP contribution in [0, 0.1) is 0 Å². The van der Waals surface area contributed by atoms with Crippen LogP contribution in [0.2, 0.25) is 0 Å². The Morgan fingerprint density at radius 3 is 3.18 bits per heavy atom. The van der Waals surface area contributed by atoms with Crippen molar-refractivity contribution in [3.05, 3.63) is 30.2 Å². The topological polar surface area (TPSA) is 46.8 Å². The predicted octanol–water partition coefficient (Wildman–Crippen LogP) is 2.15. The lowest BCUT2D eigenvalue weighted by molar-refractivity contribution is 0.0155. The molecule has 90 valence electrons. The lowest BCUT2D eigenvalue weighted by Crippen LogP contribution is -2.22. The molecule has 1 saturated heterocycles. The number of hydrogen-bond donors (Lipinski definition) is 1. The van der Waals surface area contributed by atoms with Gasteiger partial charge < -0.3 is 9.84 Å². The van der Waals surface area contributed by atoms with Crippen molar-refractivity contribution in [2.24, 2.45) is 0 Å². The van der Waals surface area contributed by atoms with Crippen LogP contribution in [0.25, 0.3) is 5.52 Å². The van der Waals surface area contributed by atoms with Gasteiger partial charge in [-0.05, 0) is 31.4 Å². The maximum atomic E-state index is 9.85. The van der Waals surface area contributed by atoms with Crippen molar-refractivity contribution in [1.82, 2.24) is 9.38 Å². The van der Waals surface area contributed by atoms with Crippen LogP contribution in [0.3, 0.4) is 0 Å². The fraction of sp³-hybridized carbons (Fsp3) is 0.462. The summed E-state index contributed by atoms with van der Waals surface area (Å²) < 4.78 is 7.49. The minimum atomic E-state index is 0.241. The second-order valence-corrected chi connectivity index (χ2v) is 4.51. The molecule has 0 bridgehead atoms. The number of imidazole rings is 1. The second-order valence-electron chi connectivity index (χ2n) is 4.51. The molecule has 0 spiro atoms. The van der Waals surface area contributed by atoms with E-state index in [2.05, 4.69) is 4.98 Å². The third kappa shape index (κ3) is 2.00. The van der Waals surface area contributed by atoms with E-state index in [1.54, 1.807) is 16.7 Å². The van der Waals surface area contributed by atoms with Crippen molar-refractivity contribution in [2.45, 2.75) is 31.8 Å². The third-order valence-corrected chi connectivity index (χ3v) is 3.29. The molecule has 1 aliphatic heterocycles. The smallest absolute Gasteiger partial charge is 0.197 e. The highest BCUT2D eigenvalue weighted by molar-refractivity contribution is 5.48. The maximum absolute atomic E-state index is 9.85. The van der Waals surface area contributed by atoms with Crippen LogP contribution < -0.4 is 0 Å². The molecule has 2 aromatic heterocycles. The Bertz CT molecular complexity index is 515. The van der Waals surface area contributed by atoms with Gasteiger partial charge in [-0.2, -0.15) is 0 Å². The average Bonchev–Trinajstić information content (AvgIpc) is 2.75. The van der Waals surface area contributed by atoms with Gasteiger partial charge in [0, 0.05) is 13.0 Å². The third-order valence-electron chi connectivity index (χ3n) is 3.29. The van der Waals surface area contributed by atoms with E-state index in [0.29, 0.717) is 0 Å². The highest BCUT2D eigenvalue weighted by atomic mass is 16.5. The largest absolute Gasteiger partial charge is 0.494 e. The summed E-state index contributed by atoms with van der Waals surface area (Å²) in [5.74, 6) is 1.12. The van der Waals surface area contributed by atoms with Crippen LogP contribution >= 0.6 is 0 Å². The summed E-state index contributed by atoms with van der Waals surface area (Å²) in [6, 6.07) is 5.45. The van der Waals surface area contributed by atoms with Gasteiger partial charge in [0.15, 0.2) is 5.88 Å². The number of fused-ring (bicyclic) bond motifs is 1. The van der Waals surface area contributed by atoms with Crippen LogP contribution in [-0.2, 0) is 11.2 Å². The monoisotopic (exact) mass is 232 g/mol. The number of aromatic hydroxyl groups is 1. The van der Waals surface area contributed by atoms with E-state index in [1.807, 2.05) is 12.1 Å². The normalized spacial score (nSPS) is 20.8. The highest BCUT2D eigenvalue weighted by Crippen LogP contribution is 2.20. The fourth-order valence-electron chi connectivity index (χ4n) is 2.41. The van der Waals surface area contributed by atoms with Gasteiger partial charge in [-0.25, -0.2) is 4.98 Å². The van der Waals surface area contributed by atoms with Crippen LogP contribution in [-0.4, -0.2) is 27.2 Å². The van der Waals surface area contributed by atoms with Gasteiger partial charge in [-0.15, -0.1) is 0 Å². The fourth-order valence-corrected chi connectivity index (χ4v) is 2.41. The molecule has 1 aliphatic rings. The number of ether oxygens (including phenoxy) is 1. The zero-order chi connectivity index (χ0) is 11.7. The van der Waals surface area contributed by atoms with Crippen molar-refractivity contribution in [1.29, 1.82) is 0 Å². The SMILES string of the molecule is Oc1cccc2cnc(CC3CCCCO3)n12. The maximum Gasteiger partial charge on any atom is 0.197 e. The molecular weight excluding hydrogens is 216 g/mol. The minimum Gasteiger partial charge on any atom is -0.494 e. The Labute approximate surface area is 99.9 Å². The van der Waals surface area contributed by atoms with Crippen LogP contribution in [0.5, 0.6) is 5.88 Å². The summed E-state index contributed by atoms with van der Waals surface area (Å²) >= 11 is 0. The molecule has 1 atom stereocenters. The van der Waals surface area contributed by atoms with E-state index in [0.717, 1.165) is 37.2 Å². The van der Waals surface area contributed by atoms with Gasteiger partial charge in [0.1, 0.15) is 5.82 Å². The lowest BCUT2D eigenvalue weighted by atomic mass is 10.1. The Morgan fingerprint density at radius 2 is 2.35 bits per heavy atom. The molecule has 1 fully saturated rings.